The maximum absolute atomic E-state index is 12.7. The SMILES string of the molecule is Cc1sc(NC(=O)C2CC2)c(C(=O)O[C@@H](C)C(=O)NCc2ccccc2)c1C. The summed E-state index contributed by atoms with van der Waals surface area (Å²) in [5.74, 6) is -1.00. The fourth-order valence-electron chi connectivity index (χ4n) is 2.72. The Labute approximate surface area is 168 Å². The number of anilines is 1. The number of rotatable bonds is 7. The Morgan fingerprint density at radius 1 is 1.18 bits per heavy atom. The minimum Gasteiger partial charge on any atom is -0.449 e. The van der Waals surface area contributed by atoms with Crippen molar-refractivity contribution >= 4 is 34.1 Å². The van der Waals surface area contributed by atoms with Crippen LogP contribution >= 0.6 is 11.3 Å². The highest BCUT2D eigenvalue weighted by Crippen LogP contribution is 2.36. The van der Waals surface area contributed by atoms with Gasteiger partial charge in [0, 0.05) is 17.3 Å². The van der Waals surface area contributed by atoms with Gasteiger partial charge in [0.25, 0.3) is 5.91 Å². The molecule has 1 aromatic carbocycles. The molecule has 1 atom stereocenters. The summed E-state index contributed by atoms with van der Waals surface area (Å²) in [6.45, 7) is 5.60. The first-order chi connectivity index (χ1) is 13.4. The van der Waals surface area contributed by atoms with Gasteiger partial charge in [-0.25, -0.2) is 4.79 Å². The Kier molecular flexibility index (Phi) is 6.14. The number of nitrogens with one attached hydrogen (secondary N) is 2. The average molecular weight is 401 g/mol. The van der Waals surface area contributed by atoms with Gasteiger partial charge in [-0.1, -0.05) is 30.3 Å². The van der Waals surface area contributed by atoms with Crippen LogP contribution in [-0.2, 0) is 20.9 Å². The molecule has 1 aliphatic rings. The Hall–Kier alpha value is -2.67. The van der Waals surface area contributed by atoms with E-state index in [-0.39, 0.29) is 17.7 Å². The second-order valence-corrected chi connectivity index (χ2v) is 8.23. The molecular weight excluding hydrogens is 376 g/mol. The molecule has 1 aromatic heterocycles. The van der Waals surface area contributed by atoms with Gasteiger partial charge in [-0.05, 0) is 44.7 Å². The van der Waals surface area contributed by atoms with E-state index >= 15 is 0 Å². The third-order valence-corrected chi connectivity index (χ3v) is 5.86. The topological polar surface area (TPSA) is 84.5 Å². The molecule has 0 spiro atoms. The van der Waals surface area contributed by atoms with Crippen LogP contribution in [-0.4, -0.2) is 23.9 Å². The fourth-order valence-corrected chi connectivity index (χ4v) is 3.77. The normalized spacial score (nSPS) is 14.2. The number of carbonyl (C=O) groups is 3. The molecule has 1 aliphatic carbocycles. The molecule has 3 rings (SSSR count). The van der Waals surface area contributed by atoms with Gasteiger partial charge >= 0.3 is 5.97 Å². The molecule has 148 valence electrons. The molecular formula is C21H24N2O4S. The van der Waals surface area contributed by atoms with E-state index in [0.717, 1.165) is 28.8 Å². The summed E-state index contributed by atoms with van der Waals surface area (Å²) in [5, 5.41) is 6.10. The molecule has 1 fully saturated rings. The molecule has 1 saturated carbocycles. The molecule has 2 aromatic rings. The van der Waals surface area contributed by atoms with Gasteiger partial charge in [-0.15, -0.1) is 11.3 Å². The van der Waals surface area contributed by atoms with Gasteiger partial charge in [0.15, 0.2) is 6.10 Å². The number of hydrogen-bond donors (Lipinski definition) is 2. The van der Waals surface area contributed by atoms with Gasteiger partial charge in [0.1, 0.15) is 5.00 Å². The smallest absolute Gasteiger partial charge is 0.342 e. The molecule has 0 saturated heterocycles. The van der Waals surface area contributed by atoms with E-state index in [1.807, 2.05) is 44.2 Å². The molecule has 0 bridgehead atoms. The number of carbonyl (C=O) groups excluding carboxylic acids is 3. The minimum atomic E-state index is -0.942. The second-order valence-electron chi connectivity index (χ2n) is 7.00. The summed E-state index contributed by atoms with van der Waals surface area (Å²) in [6.07, 6.45) is 0.823. The van der Waals surface area contributed by atoms with Crippen LogP contribution in [0.15, 0.2) is 30.3 Å². The van der Waals surface area contributed by atoms with Crippen molar-refractivity contribution in [1.82, 2.24) is 5.32 Å². The number of hydrogen-bond acceptors (Lipinski definition) is 5. The van der Waals surface area contributed by atoms with Gasteiger partial charge in [-0.3, -0.25) is 9.59 Å². The Bertz CT molecular complexity index is 887. The van der Waals surface area contributed by atoms with E-state index in [0.29, 0.717) is 17.1 Å². The number of thiophene rings is 1. The van der Waals surface area contributed by atoms with E-state index in [9.17, 15) is 14.4 Å². The highest BCUT2D eigenvalue weighted by Gasteiger charge is 2.32. The summed E-state index contributed by atoms with van der Waals surface area (Å²) < 4.78 is 5.38. The predicted molar refractivity (Wildman–Crippen MR) is 108 cm³/mol. The van der Waals surface area contributed by atoms with E-state index in [1.165, 1.54) is 18.3 Å². The molecule has 0 radical (unpaired) electrons. The standard InChI is InChI=1S/C21H24N2O4S/c1-12-14(3)28-20(23-19(25)16-9-10-16)17(12)21(26)27-13(2)18(24)22-11-15-7-5-4-6-8-15/h4-8,13,16H,9-11H2,1-3H3,(H,22,24)(H,23,25)/t13-/m0/s1. The maximum atomic E-state index is 12.7. The fraction of sp³-hybridized carbons (Fsp3) is 0.381. The molecule has 7 heteroatoms. The Morgan fingerprint density at radius 3 is 2.50 bits per heavy atom. The van der Waals surface area contributed by atoms with Crippen molar-refractivity contribution in [1.29, 1.82) is 0 Å². The molecule has 2 N–H and O–H groups in total. The van der Waals surface area contributed by atoms with Crippen LogP contribution in [0.25, 0.3) is 0 Å². The molecule has 0 unspecified atom stereocenters. The average Bonchev–Trinajstić information content (AvgIpc) is 3.48. The van der Waals surface area contributed by atoms with Crippen molar-refractivity contribution in [3.8, 4) is 0 Å². The summed E-state index contributed by atoms with van der Waals surface area (Å²) in [5.41, 5.74) is 2.06. The first-order valence-corrected chi connectivity index (χ1v) is 10.1. The number of esters is 1. The van der Waals surface area contributed by atoms with E-state index < -0.39 is 12.1 Å². The van der Waals surface area contributed by atoms with Crippen molar-refractivity contribution in [2.24, 2.45) is 5.92 Å². The summed E-state index contributed by atoms with van der Waals surface area (Å²) in [6, 6.07) is 9.50. The lowest BCUT2D eigenvalue weighted by atomic mass is 10.1. The number of ether oxygens (including phenoxy) is 1. The zero-order chi connectivity index (χ0) is 20.3. The molecule has 1 heterocycles. The highest BCUT2D eigenvalue weighted by molar-refractivity contribution is 7.16. The minimum absolute atomic E-state index is 0.0364. The lowest BCUT2D eigenvalue weighted by Gasteiger charge is -2.14. The first kappa shape index (κ1) is 20.1. The monoisotopic (exact) mass is 400 g/mol. The molecule has 2 amide bonds. The van der Waals surface area contributed by atoms with Crippen LogP contribution in [0.3, 0.4) is 0 Å². The van der Waals surface area contributed by atoms with Crippen molar-refractivity contribution in [3.05, 3.63) is 51.9 Å². The summed E-state index contributed by atoms with van der Waals surface area (Å²) in [4.78, 5) is 38.0. The zero-order valence-corrected chi connectivity index (χ0v) is 17.0. The highest BCUT2D eigenvalue weighted by atomic mass is 32.1. The number of amides is 2. The van der Waals surface area contributed by atoms with Crippen LogP contribution in [0.5, 0.6) is 0 Å². The lowest BCUT2D eigenvalue weighted by Crippen LogP contribution is -2.35. The van der Waals surface area contributed by atoms with Gasteiger partial charge < -0.3 is 15.4 Å². The van der Waals surface area contributed by atoms with Crippen molar-refractivity contribution in [3.63, 3.8) is 0 Å². The van der Waals surface area contributed by atoms with Crippen molar-refractivity contribution in [2.45, 2.75) is 46.3 Å². The van der Waals surface area contributed by atoms with Crippen LogP contribution in [0.2, 0.25) is 0 Å². The summed E-state index contributed by atoms with van der Waals surface area (Å²) >= 11 is 1.35. The van der Waals surface area contributed by atoms with Crippen molar-refractivity contribution < 1.29 is 19.1 Å². The van der Waals surface area contributed by atoms with Crippen LogP contribution in [0.4, 0.5) is 5.00 Å². The Balaban J connectivity index is 1.63. The predicted octanol–water partition coefficient (Wildman–Crippen LogP) is 3.58. The van der Waals surface area contributed by atoms with Gasteiger partial charge in [0.2, 0.25) is 5.91 Å². The van der Waals surface area contributed by atoms with Crippen LogP contribution < -0.4 is 10.6 Å². The maximum Gasteiger partial charge on any atom is 0.342 e. The molecule has 28 heavy (non-hydrogen) atoms. The Morgan fingerprint density at radius 2 is 1.86 bits per heavy atom. The third kappa shape index (κ3) is 4.78. The first-order valence-electron chi connectivity index (χ1n) is 9.30. The van der Waals surface area contributed by atoms with E-state index in [2.05, 4.69) is 10.6 Å². The number of aryl methyl sites for hydroxylation is 1. The molecule has 0 aliphatic heterocycles. The quantitative estimate of drug-likeness (QED) is 0.696. The zero-order valence-electron chi connectivity index (χ0n) is 16.2. The lowest BCUT2D eigenvalue weighted by molar-refractivity contribution is -0.129. The van der Waals surface area contributed by atoms with Crippen molar-refractivity contribution in [2.75, 3.05) is 5.32 Å². The largest absolute Gasteiger partial charge is 0.449 e. The second kappa shape index (κ2) is 8.56. The van der Waals surface area contributed by atoms with E-state index in [4.69, 9.17) is 4.74 Å². The molecule has 6 nitrogen and oxygen atoms in total. The number of benzene rings is 1. The van der Waals surface area contributed by atoms with Crippen LogP contribution in [0.1, 0.15) is 46.1 Å². The summed E-state index contributed by atoms with van der Waals surface area (Å²) in [7, 11) is 0. The third-order valence-electron chi connectivity index (χ3n) is 4.74. The van der Waals surface area contributed by atoms with Gasteiger partial charge in [0.05, 0.1) is 5.56 Å². The van der Waals surface area contributed by atoms with Gasteiger partial charge in [-0.2, -0.15) is 0 Å². The van der Waals surface area contributed by atoms with E-state index in [1.54, 1.807) is 0 Å². The van der Waals surface area contributed by atoms with Crippen LogP contribution in [0, 0.1) is 19.8 Å².